The van der Waals surface area contributed by atoms with E-state index in [0.29, 0.717) is 11.8 Å². The van der Waals surface area contributed by atoms with E-state index in [1.807, 2.05) is 13.0 Å². The number of fused-ring (bicyclic) bond motifs is 1. The van der Waals surface area contributed by atoms with Crippen LogP contribution in [-0.4, -0.2) is 23.4 Å². The van der Waals surface area contributed by atoms with Crippen LogP contribution in [0.4, 0.5) is 0 Å². The zero-order valence-corrected chi connectivity index (χ0v) is 9.61. The Morgan fingerprint density at radius 3 is 3.06 bits per heavy atom. The van der Waals surface area contributed by atoms with Crippen molar-refractivity contribution >= 4 is 0 Å². The first kappa shape index (κ1) is 11.4. The molecule has 0 heterocycles. The molecule has 1 aromatic rings. The summed E-state index contributed by atoms with van der Waals surface area (Å²) >= 11 is 0. The Kier molecular flexibility index (Phi) is 3.46. The molecule has 2 rings (SSSR count). The lowest BCUT2D eigenvalue weighted by Gasteiger charge is -2.16. The van der Waals surface area contributed by atoms with Gasteiger partial charge in [-0.05, 0) is 36.0 Å². The molecule has 2 atom stereocenters. The predicted octanol–water partition coefficient (Wildman–Crippen LogP) is 1.60. The van der Waals surface area contributed by atoms with Gasteiger partial charge < -0.3 is 15.5 Å². The van der Waals surface area contributed by atoms with Crippen molar-refractivity contribution in [1.29, 1.82) is 0 Å². The number of rotatable bonds is 4. The summed E-state index contributed by atoms with van der Waals surface area (Å²) in [7, 11) is 0. The van der Waals surface area contributed by atoms with Crippen LogP contribution in [0.15, 0.2) is 18.2 Å². The van der Waals surface area contributed by atoms with Crippen LogP contribution in [-0.2, 0) is 6.42 Å². The van der Waals surface area contributed by atoms with Crippen molar-refractivity contribution in [2.45, 2.75) is 25.8 Å². The lowest BCUT2D eigenvalue weighted by molar-refractivity contribution is 0.230. The molecule has 16 heavy (non-hydrogen) atoms. The van der Waals surface area contributed by atoms with Gasteiger partial charge >= 0.3 is 0 Å². The zero-order valence-electron chi connectivity index (χ0n) is 9.61. The number of aliphatic hydroxyl groups excluding tert-OH is 1. The fourth-order valence-corrected chi connectivity index (χ4v) is 2.26. The van der Waals surface area contributed by atoms with Crippen molar-refractivity contribution in [1.82, 2.24) is 5.32 Å². The second-order valence-electron chi connectivity index (χ2n) is 4.63. The lowest BCUT2D eigenvalue weighted by atomic mass is 10.1. The van der Waals surface area contributed by atoms with Gasteiger partial charge in [-0.3, -0.25) is 0 Å². The van der Waals surface area contributed by atoms with E-state index in [4.69, 9.17) is 5.11 Å². The normalized spacial score (nSPS) is 20.8. The van der Waals surface area contributed by atoms with Gasteiger partial charge in [0.05, 0.1) is 0 Å². The van der Waals surface area contributed by atoms with Crippen LogP contribution in [0, 0.1) is 5.92 Å². The van der Waals surface area contributed by atoms with E-state index in [0.717, 1.165) is 24.9 Å². The molecular formula is C13H19NO2. The highest BCUT2D eigenvalue weighted by molar-refractivity contribution is 5.44. The number of phenolic OH excluding ortho intramolecular Hbond substituents is 1. The van der Waals surface area contributed by atoms with Gasteiger partial charge in [-0.1, -0.05) is 19.1 Å². The van der Waals surface area contributed by atoms with Crippen molar-refractivity contribution in [3.63, 3.8) is 0 Å². The molecule has 0 saturated carbocycles. The first-order valence-electron chi connectivity index (χ1n) is 5.87. The highest BCUT2D eigenvalue weighted by atomic mass is 16.3. The number of benzene rings is 1. The van der Waals surface area contributed by atoms with Gasteiger partial charge in [0.15, 0.2) is 0 Å². The van der Waals surface area contributed by atoms with E-state index in [1.54, 1.807) is 6.07 Å². The zero-order chi connectivity index (χ0) is 11.5. The average Bonchev–Trinajstić information content (AvgIpc) is 2.70. The molecule has 3 heteroatoms. The van der Waals surface area contributed by atoms with E-state index in [-0.39, 0.29) is 12.5 Å². The molecule has 3 nitrogen and oxygen atoms in total. The molecule has 2 unspecified atom stereocenters. The monoisotopic (exact) mass is 221 g/mol. The fourth-order valence-electron chi connectivity index (χ4n) is 2.26. The van der Waals surface area contributed by atoms with Gasteiger partial charge in [0.1, 0.15) is 5.75 Å². The fraction of sp³-hybridized carbons (Fsp3) is 0.538. The maximum absolute atomic E-state index is 9.70. The number of nitrogens with one attached hydrogen (secondary N) is 1. The van der Waals surface area contributed by atoms with Crippen LogP contribution in [0.25, 0.3) is 0 Å². The molecule has 0 spiro atoms. The Labute approximate surface area is 96.1 Å². The van der Waals surface area contributed by atoms with Gasteiger partial charge in [0, 0.05) is 19.2 Å². The molecule has 3 N–H and O–H groups in total. The third-order valence-corrected chi connectivity index (χ3v) is 3.27. The quantitative estimate of drug-likeness (QED) is 0.724. The largest absolute Gasteiger partial charge is 0.508 e. The summed E-state index contributed by atoms with van der Waals surface area (Å²) in [4.78, 5) is 0. The molecule has 88 valence electrons. The van der Waals surface area contributed by atoms with Gasteiger partial charge in [0.25, 0.3) is 0 Å². The number of hydrogen-bond acceptors (Lipinski definition) is 3. The van der Waals surface area contributed by atoms with Crippen molar-refractivity contribution in [3.05, 3.63) is 29.3 Å². The van der Waals surface area contributed by atoms with Crippen LogP contribution in [0.2, 0.25) is 0 Å². The van der Waals surface area contributed by atoms with E-state index in [9.17, 15) is 5.11 Å². The molecule has 1 aromatic carbocycles. The van der Waals surface area contributed by atoms with Gasteiger partial charge in [-0.25, -0.2) is 0 Å². The first-order chi connectivity index (χ1) is 7.72. The van der Waals surface area contributed by atoms with Crippen molar-refractivity contribution in [2.24, 2.45) is 5.92 Å². The predicted molar refractivity (Wildman–Crippen MR) is 63.4 cm³/mol. The summed E-state index contributed by atoms with van der Waals surface area (Å²) in [6, 6.07) is 6.04. The minimum atomic E-state index is 0.215. The third kappa shape index (κ3) is 2.20. The molecule has 0 fully saturated rings. The van der Waals surface area contributed by atoms with E-state index < -0.39 is 0 Å². The summed E-state index contributed by atoms with van der Waals surface area (Å²) in [6.07, 6.45) is 1.97. The number of aromatic hydroxyl groups is 1. The molecule has 0 radical (unpaired) electrons. The Morgan fingerprint density at radius 1 is 1.50 bits per heavy atom. The van der Waals surface area contributed by atoms with E-state index in [2.05, 4.69) is 11.4 Å². The number of hydrogen-bond donors (Lipinski definition) is 3. The first-order valence-corrected chi connectivity index (χ1v) is 5.87. The molecular weight excluding hydrogens is 202 g/mol. The van der Waals surface area contributed by atoms with Crippen LogP contribution < -0.4 is 5.32 Å². The van der Waals surface area contributed by atoms with E-state index in [1.165, 1.54) is 5.56 Å². The van der Waals surface area contributed by atoms with Crippen LogP contribution in [0.1, 0.15) is 30.5 Å². The number of aliphatic hydroxyl groups is 1. The summed E-state index contributed by atoms with van der Waals surface area (Å²) in [6.45, 7) is 3.05. The third-order valence-electron chi connectivity index (χ3n) is 3.27. The van der Waals surface area contributed by atoms with Gasteiger partial charge in [-0.15, -0.1) is 0 Å². The van der Waals surface area contributed by atoms with Crippen molar-refractivity contribution in [2.75, 3.05) is 13.2 Å². The Morgan fingerprint density at radius 2 is 2.31 bits per heavy atom. The van der Waals surface area contributed by atoms with Crippen molar-refractivity contribution in [3.8, 4) is 5.75 Å². The molecule has 0 bridgehead atoms. The van der Waals surface area contributed by atoms with Gasteiger partial charge in [0.2, 0.25) is 0 Å². The highest BCUT2D eigenvalue weighted by Gasteiger charge is 2.24. The molecule has 0 aliphatic heterocycles. The maximum atomic E-state index is 9.70. The minimum Gasteiger partial charge on any atom is -0.508 e. The lowest BCUT2D eigenvalue weighted by Crippen LogP contribution is -2.26. The topological polar surface area (TPSA) is 52.5 Å². The Balaban J connectivity index is 2.03. The van der Waals surface area contributed by atoms with Crippen LogP contribution >= 0.6 is 0 Å². The molecule has 0 aromatic heterocycles. The maximum Gasteiger partial charge on any atom is 0.119 e. The van der Waals surface area contributed by atoms with Gasteiger partial charge in [-0.2, -0.15) is 0 Å². The second kappa shape index (κ2) is 4.85. The van der Waals surface area contributed by atoms with E-state index >= 15 is 0 Å². The number of phenols is 1. The average molecular weight is 221 g/mol. The summed E-state index contributed by atoms with van der Waals surface area (Å²) in [5.74, 6) is 0.693. The SMILES string of the molecule is CC(CO)CNC1CCc2c(O)cccc21. The molecule has 1 aliphatic carbocycles. The Bertz CT molecular complexity index is 365. The molecule has 0 amide bonds. The highest BCUT2D eigenvalue weighted by Crippen LogP contribution is 2.36. The van der Waals surface area contributed by atoms with Crippen LogP contribution in [0.3, 0.4) is 0 Å². The summed E-state index contributed by atoms with van der Waals surface area (Å²) < 4.78 is 0. The van der Waals surface area contributed by atoms with Crippen LogP contribution in [0.5, 0.6) is 5.75 Å². The minimum absolute atomic E-state index is 0.215. The second-order valence-corrected chi connectivity index (χ2v) is 4.63. The molecule has 0 saturated heterocycles. The summed E-state index contributed by atoms with van der Waals surface area (Å²) in [5, 5.41) is 22.1. The smallest absolute Gasteiger partial charge is 0.119 e. The Hall–Kier alpha value is -1.06. The molecule has 1 aliphatic rings. The van der Waals surface area contributed by atoms with Crippen molar-refractivity contribution < 1.29 is 10.2 Å². The summed E-state index contributed by atoms with van der Waals surface area (Å²) in [5.41, 5.74) is 2.29. The standard InChI is InChI=1S/C13H19NO2/c1-9(8-15)7-14-12-6-5-11-10(12)3-2-4-13(11)16/h2-4,9,12,14-16H,5-8H2,1H3.